The predicted molar refractivity (Wildman–Crippen MR) is 111 cm³/mol. The summed E-state index contributed by atoms with van der Waals surface area (Å²) >= 11 is 11.9. The highest BCUT2D eigenvalue weighted by Gasteiger charge is 2.27. The van der Waals surface area contributed by atoms with Crippen molar-refractivity contribution >= 4 is 48.9 Å². The van der Waals surface area contributed by atoms with Gasteiger partial charge in [0.15, 0.2) is 0 Å². The van der Waals surface area contributed by atoms with E-state index < -0.39 is 20.0 Å². The number of aryl methyl sites for hydroxylation is 1. The molecule has 0 unspecified atom stereocenters. The molecule has 2 aromatic rings. The van der Waals surface area contributed by atoms with Crippen molar-refractivity contribution in [2.24, 2.45) is 0 Å². The van der Waals surface area contributed by atoms with Crippen LogP contribution in [-0.4, -0.2) is 34.2 Å². The average molecular weight is 463 g/mol. The second-order valence-electron chi connectivity index (χ2n) is 6.62. The number of hydrogen-bond acceptors (Lipinski definition) is 4. The Morgan fingerprint density at radius 2 is 1.61 bits per heavy atom. The highest BCUT2D eigenvalue weighted by atomic mass is 35.5. The summed E-state index contributed by atoms with van der Waals surface area (Å²) in [4.78, 5) is -0.125. The summed E-state index contributed by atoms with van der Waals surface area (Å²) in [7, 11) is -7.74. The van der Waals surface area contributed by atoms with Crippen molar-refractivity contribution < 1.29 is 16.8 Å². The van der Waals surface area contributed by atoms with Crippen LogP contribution in [0.4, 0.5) is 5.69 Å². The minimum absolute atomic E-state index is 0.0200. The smallest absolute Gasteiger partial charge is 0.263 e. The van der Waals surface area contributed by atoms with Crippen molar-refractivity contribution in [3.63, 3.8) is 0 Å². The molecule has 0 radical (unpaired) electrons. The summed E-state index contributed by atoms with van der Waals surface area (Å²) in [6.07, 6.45) is 2.64. The number of hydrogen-bond donors (Lipinski definition) is 1. The number of halogens is 2. The molecule has 0 aromatic heterocycles. The van der Waals surface area contributed by atoms with E-state index in [1.54, 1.807) is 13.0 Å². The van der Waals surface area contributed by atoms with Crippen molar-refractivity contribution in [2.75, 3.05) is 17.8 Å². The molecular weight excluding hydrogens is 443 g/mol. The molecule has 0 atom stereocenters. The molecule has 0 amide bonds. The van der Waals surface area contributed by atoms with Gasteiger partial charge < -0.3 is 0 Å². The van der Waals surface area contributed by atoms with Crippen LogP contribution in [0.5, 0.6) is 0 Å². The molecular formula is C18H20Cl2N2O4S2. The molecule has 0 saturated carbocycles. The number of anilines is 1. The molecule has 1 aliphatic rings. The zero-order chi connectivity index (χ0) is 20.5. The van der Waals surface area contributed by atoms with Gasteiger partial charge in [-0.1, -0.05) is 35.7 Å². The van der Waals surface area contributed by atoms with Crippen LogP contribution < -0.4 is 4.72 Å². The maximum atomic E-state index is 12.9. The topological polar surface area (TPSA) is 83.6 Å². The molecule has 2 aromatic carbocycles. The van der Waals surface area contributed by atoms with E-state index in [1.807, 2.05) is 0 Å². The molecule has 3 rings (SSSR count). The van der Waals surface area contributed by atoms with Gasteiger partial charge in [0.2, 0.25) is 10.0 Å². The van der Waals surface area contributed by atoms with Gasteiger partial charge >= 0.3 is 0 Å². The zero-order valence-electron chi connectivity index (χ0n) is 15.2. The van der Waals surface area contributed by atoms with E-state index in [2.05, 4.69) is 4.72 Å². The minimum Gasteiger partial charge on any atom is -0.279 e. The number of nitrogens with one attached hydrogen (secondary N) is 1. The Kier molecular flexibility index (Phi) is 6.26. The molecule has 10 heteroatoms. The van der Waals surface area contributed by atoms with Gasteiger partial charge in [-0.3, -0.25) is 4.72 Å². The van der Waals surface area contributed by atoms with E-state index in [1.165, 1.54) is 34.6 Å². The molecule has 6 nitrogen and oxygen atoms in total. The van der Waals surface area contributed by atoms with Crippen LogP contribution in [0.3, 0.4) is 0 Å². The van der Waals surface area contributed by atoms with Gasteiger partial charge in [-0.25, -0.2) is 16.8 Å². The van der Waals surface area contributed by atoms with E-state index in [-0.39, 0.29) is 25.5 Å². The van der Waals surface area contributed by atoms with Crippen molar-refractivity contribution in [1.82, 2.24) is 4.31 Å². The molecule has 0 spiro atoms. The molecule has 28 heavy (non-hydrogen) atoms. The van der Waals surface area contributed by atoms with Crippen LogP contribution in [0.2, 0.25) is 10.0 Å². The summed E-state index contributed by atoms with van der Waals surface area (Å²) < 4.78 is 55.2. The fourth-order valence-corrected chi connectivity index (χ4v) is 6.44. The first-order valence-corrected chi connectivity index (χ1v) is 12.4. The SMILES string of the molecule is Cc1ccc(S(=O)(=O)N2CCCCC2)cc1NS(=O)(=O)c1cc(Cl)ccc1Cl. The predicted octanol–water partition coefficient (Wildman–Crippen LogP) is 4.28. The third kappa shape index (κ3) is 4.46. The lowest BCUT2D eigenvalue weighted by molar-refractivity contribution is 0.346. The summed E-state index contributed by atoms with van der Waals surface area (Å²) in [5, 5.41) is 0.245. The van der Waals surface area contributed by atoms with E-state index in [0.29, 0.717) is 18.7 Å². The Morgan fingerprint density at radius 3 is 2.29 bits per heavy atom. The van der Waals surface area contributed by atoms with Crippen LogP contribution >= 0.6 is 23.2 Å². The Balaban J connectivity index is 1.97. The molecule has 1 aliphatic heterocycles. The fourth-order valence-electron chi connectivity index (χ4n) is 3.01. The Labute approximate surface area is 175 Å². The first-order chi connectivity index (χ1) is 13.1. The number of nitrogens with zero attached hydrogens (tertiary/aromatic N) is 1. The van der Waals surface area contributed by atoms with E-state index in [0.717, 1.165) is 19.3 Å². The first-order valence-electron chi connectivity index (χ1n) is 8.70. The van der Waals surface area contributed by atoms with Crippen molar-refractivity contribution in [3.05, 3.63) is 52.0 Å². The maximum Gasteiger partial charge on any atom is 0.263 e. The highest BCUT2D eigenvalue weighted by molar-refractivity contribution is 7.93. The van der Waals surface area contributed by atoms with Crippen LogP contribution in [0.25, 0.3) is 0 Å². The number of sulfonamides is 2. The summed E-state index contributed by atoms with van der Waals surface area (Å²) in [6.45, 7) is 2.62. The Hall–Kier alpha value is -1.32. The van der Waals surface area contributed by atoms with Gasteiger partial charge in [-0.05, 0) is 55.7 Å². The van der Waals surface area contributed by atoms with Gasteiger partial charge in [-0.15, -0.1) is 0 Å². The van der Waals surface area contributed by atoms with Crippen LogP contribution in [0.15, 0.2) is 46.2 Å². The van der Waals surface area contributed by atoms with E-state index in [9.17, 15) is 16.8 Å². The molecule has 1 N–H and O–H groups in total. The summed E-state index contributed by atoms with van der Waals surface area (Å²) in [5.41, 5.74) is 0.758. The van der Waals surface area contributed by atoms with Gasteiger partial charge in [-0.2, -0.15) is 4.31 Å². The van der Waals surface area contributed by atoms with E-state index >= 15 is 0 Å². The second-order valence-corrected chi connectivity index (χ2v) is 11.1. The fraction of sp³-hybridized carbons (Fsp3) is 0.333. The highest BCUT2D eigenvalue weighted by Crippen LogP contribution is 2.30. The lowest BCUT2D eigenvalue weighted by Crippen LogP contribution is -2.35. The van der Waals surface area contributed by atoms with Crippen molar-refractivity contribution in [1.29, 1.82) is 0 Å². The Morgan fingerprint density at radius 1 is 0.929 bits per heavy atom. The number of benzene rings is 2. The quantitative estimate of drug-likeness (QED) is 0.718. The zero-order valence-corrected chi connectivity index (χ0v) is 18.3. The molecule has 0 bridgehead atoms. The standard InChI is InChI=1S/C18H20Cl2N2O4S2/c1-13-5-7-15(28(25,26)22-9-3-2-4-10-22)12-17(13)21-27(23,24)18-11-14(19)6-8-16(18)20/h5-8,11-12,21H,2-4,9-10H2,1H3. The normalized spacial score (nSPS) is 16.1. The summed E-state index contributed by atoms with van der Waals surface area (Å²) in [6, 6.07) is 8.53. The van der Waals surface area contributed by atoms with Crippen molar-refractivity contribution in [3.8, 4) is 0 Å². The monoisotopic (exact) mass is 462 g/mol. The third-order valence-electron chi connectivity index (χ3n) is 4.59. The van der Waals surface area contributed by atoms with Crippen LogP contribution in [0, 0.1) is 6.92 Å². The number of rotatable bonds is 5. The average Bonchev–Trinajstić information content (AvgIpc) is 2.66. The first kappa shape index (κ1) is 21.4. The molecule has 1 fully saturated rings. The Bertz CT molecular complexity index is 1100. The van der Waals surface area contributed by atoms with Crippen molar-refractivity contribution in [2.45, 2.75) is 36.0 Å². The second kappa shape index (κ2) is 8.20. The molecule has 0 aliphatic carbocycles. The summed E-state index contributed by atoms with van der Waals surface area (Å²) in [5.74, 6) is 0. The third-order valence-corrected chi connectivity index (χ3v) is 8.57. The van der Waals surface area contributed by atoms with Crippen LogP contribution in [0.1, 0.15) is 24.8 Å². The van der Waals surface area contributed by atoms with Gasteiger partial charge in [0.1, 0.15) is 4.90 Å². The lowest BCUT2D eigenvalue weighted by atomic mass is 10.2. The molecule has 1 heterocycles. The molecule has 1 saturated heterocycles. The largest absolute Gasteiger partial charge is 0.279 e. The molecule has 152 valence electrons. The van der Waals surface area contributed by atoms with Gasteiger partial charge in [0, 0.05) is 18.1 Å². The number of piperidine rings is 1. The lowest BCUT2D eigenvalue weighted by Gasteiger charge is -2.26. The van der Waals surface area contributed by atoms with Gasteiger partial charge in [0.25, 0.3) is 10.0 Å². The minimum atomic E-state index is -4.05. The van der Waals surface area contributed by atoms with Gasteiger partial charge in [0.05, 0.1) is 15.6 Å². The van der Waals surface area contributed by atoms with Crippen LogP contribution in [-0.2, 0) is 20.0 Å². The van der Waals surface area contributed by atoms with E-state index in [4.69, 9.17) is 23.2 Å². The maximum absolute atomic E-state index is 12.9.